The lowest BCUT2D eigenvalue weighted by atomic mass is 10.2. The minimum Gasteiger partial charge on any atom is -0.494 e. The molecule has 0 fully saturated rings. The van der Waals surface area contributed by atoms with Crippen molar-refractivity contribution in [3.05, 3.63) is 28.2 Å². The molecule has 0 radical (unpaired) electrons. The molecule has 12 heavy (non-hydrogen) atoms. The van der Waals surface area contributed by atoms with Gasteiger partial charge in [-0.15, -0.1) is 0 Å². The summed E-state index contributed by atoms with van der Waals surface area (Å²) < 4.78 is 6.57. The van der Waals surface area contributed by atoms with E-state index in [1.807, 2.05) is 12.1 Å². The third kappa shape index (κ3) is 2.52. The molecular formula is C10H13BrO. The third-order valence-corrected chi connectivity index (χ3v) is 2.47. The zero-order valence-electron chi connectivity index (χ0n) is 7.43. The number of ether oxygens (including phenoxy) is 1. The minimum atomic E-state index is 0.787. The van der Waals surface area contributed by atoms with Gasteiger partial charge in [0, 0.05) is 4.47 Å². The lowest BCUT2D eigenvalue weighted by molar-refractivity contribution is 0.317. The number of benzene rings is 1. The molecule has 0 aromatic heterocycles. The maximum atomic E-state index is 5.46. The fourth-order valence-electron chi connectivity index (χ4n) is 0.883. The van der Waals surface area contributed by atoms with Gasteiger partial charge in [-0.1, -0.05) is 28.9 Å². The molecule has 0 amide bonds. The molecule has 0 unspecified atom stereocenters. The van der Waals surface area contributed by atoms with E-state index in [-0.39, 0.29) is 0 Å². The van der Waals surface area contributed by atoms with E-state index in [1.54, 1.807) is 0 Å². The van der Waals surface area contributed by atoms with Gasteiger partial charge in [0.1, 0.15) is 5.75 Å². The van der Waals surface area contributed by atoms with E-state index in [0.717, 1.165) is 23.2 Å². The molecule has 0 heterocycles. The summed E-state index contributed by atoms with van der Waals surface area (Å²) in [6.45, 7) is 4.95. The van der Waals surface area contributed by atoms with Crippen LogP contribution in [-0.4, -0.2) is 6.61 Å². The number of hydrogen-bond donors (Lipinski definition) is 0. The smallest absolute Gasteiger partial charge is 0.120 e. The Kier molecular flexibility index (Phi) is 3.60. The van der Waals surface area contributed by atoms with Crippen molar-refractivity contribution in [1.82, 2.24) is 0 Å². The first-order valence-corrected chi connectivity index (χ1v) is 4.92. The summed E-state index contributed by atoms with van der Waals surface area (Å²) in [5.41, 5.74) is 1.24. The number of halogens is 1. The van der Waals surface area contributed by atoms with Crippen LogP contribution in [0.2, 0.25) is 0 Å². The Hall–Kier alpha value is -0.500. The minimum absolute atomic E-state index is 0.787. The van der Waals surface area contributed by atoms with Gasteiger partial charge in [-0.3, -0.25) is 0 Å². The fraction of sp³-hybridized carbons (Fsp3) is 0.400. The van der Waals surface area contributed by atoms with Gasteiger partial charge in [0.15, 0.2) is 0 Å². The van der Waals surface area contributed by atoms with Gasteiger partial charge in [0.25, 0.3) is 0 Å². The normalized spacial score (nSPS) is 9.92. The van der Waals surface area contributed by atoms with Crippen LogP contribution >= 0.6 is 15.9 Å². The first-order valence-electron chi connectivity index (χ1n) is 4.13. The van der Waals surface area contributed by atoms with Gasteiger partial charge >= 0.3 is 0 Å². The largest absolute Gasteiger partial charge is 0.494 e. The standard InChI is InChI=1S/C10H13BrO/c1-3-6-12-9-5-4-8(2)10(11)7-9/h4-5,7H,3,6H2,1-2H3. The van der Waals surface area contributed by atoms with Gasteiger partial charge in [-0.2, -0.15) is 0 Å². The molecule has 1 aromatic carbocycles. The molecule has 0 saturated heterocycles. The topological polar surface area (TPSA) is 9.23 Å². The highest BCUT2D eigenvalue weighted by molar-refractivity contribution is 9.10. The Morgan fingerprint density at radius 2 is 2.17 bits per heavy atom. The number of aryl methyl sites for hydroxylation is 1. The average Bonchev–Trinajstić information content (AvgIpc) is 2.07. The van der Waals surface area contributed by atoms with Crippen LogP contribution in [0.5, 0.6) is 5.75 Å². The Bertz CT molecular complexity index is 258. The van der Waals surface area contributed by atoms with Gasteiger partial charge in [-0.25, -0.2) is 0 Å². The summed E-state index contributed by atoms with van der Waals surface area (Å²) in [5, 5.41) is 0. The van der Waals surface area contributed by atoms with Crippen molar-refractivity contribution in [1.29, 1.82) is 0 Å². The Balaban J connectivity index is 2.69. The van der Waals surface area contributed by atoms with Crippen LogP contribution in [0.25, 0.3) is 0 Å². The summed E-state index contributed by atoms with van der Waals surface area (Å²) in [4.78, 5) is 0. The molecule has 0 bridgehead atoms. The van der Waals surface area contributed by atoms with Crippen LogP contribution < -0.4 is 4.74 Å². The van der Waals surface area contributed by atoms with Crippen LogP contribution in [0.4, 0.5) is 0 Å². The van der Waals surface area contributed by atoms with Crippen molar-refractivity contribution in [2.24, 2.45) is 0 Å². The average molecular weight is 229 g/mol. The van der Waals surface area contributed by atoms with Crippen molar-refractivity contribution in [3.63, 3.8) is 0 Å². The van der Waals surface area contributed by atoms with E-state index < -0.39 is 0 Å². The second-order valence-electron chi connectivity index (χ2n) is 2.76. The summed E-state index contributed by atoms with van der Waals surface area (Å²) in [6.07, 6.45) is 1.05. The van der Waals surface area contributed by atoms with E-state index in [4.69, 9.17) is 4.74 Å². The molecule has 0 aliphatic carbocycles. The Labute approximate surface area is 81.9 Å². The van der Waals surface area contributed by atoms with E-state index >= 15 is 0 Å². The SMILES string of the molecule is CCCOc1ccc(C)c(Br)c1. The van der Waals surface area contributed by atoms with E-state index in [2.05, 4.69) is 35.8 Å². The second kappa shape index (κ2) is 4.51. The summed E-state index contributed by atoms with van der Waals surface area (Å²) in [5.74, 6) is 0.939. The highest BCUT2D eigenvalue weighted by atomic mass is 79.9. The second-order valence-corrected chi connectivity index (χ2v) is 3.61. The van der Waals surface area contributed by atoms with Crippen LogP contribution in [0.1, 0.15) is 18.9 Å². The van der Waals surface area contributed by atoms with Gasteiger partial charge in [0.05, 0.1) is 6.61 Å². The molecule has 0 aliphatic heterocycles. The summed E-state index contributed by atoms with van der Waals surface area (Å²) >= 11 is 3.46. The molecule has 0 aliphatic rings. The predicted molar refractivity (Wildman–Crippen MR) is 54.7 cm³/mol. The molecular weight excluding hydrogens is 216 g/mol. The van der Waals surface area contributed by atoms with Crippen molar-refractivity contribution < 1.29 is 4.74 Å². The lowest BCUT2D eigenvalue weighted by Gasteiger charge is -2.05. The molecule has 0 spiro atoms. The molecule has 0 N–H and O–H groups in total. The van der Waals surface area contributed by atoms with Crippen molar-refractivity contribution in [2.45, 2.75) is 20.3 Å². The quantitative estimate of drug-likeness (QED) is 0.770. The van der Waals surface area contributed by atoms with E-state index in [0.29, 0.717) is 0 Å². The van der Waals surface area contributed by atoms with Crippen molar-refractivity contribution in [3.8, 4) is 5.75 Å². The lowest BCUT2D eigenvalue weighted by Crippen LogP contribution is -1.94. The van der Waals surface area contributed by atoms with Crippen LogP contribution in [0, 0.1) is 6.92 Å². The van der Waals surface area contributed by atoms with Crippen molar-refractivity contribution >= 4 is 15.9 Å². The monoisotopic (exact) mass is 228 g/mol. The summed E-state index contributed by atoms with van der Waals surface area (Å²) in [6, 6.07) is 6.05. The zero-order valence-corrected chi connectivity index (χ0v) is 9.02. The first-order chi connectivity index (χ1) is 5.74. The highest BCUT2D eigenvalue weighted by Crippen LogP contribution is 2.22. The third-order valence-electron chi connectivity index (χ3n) is 1.62. The van der Waals surface area contributed by atoms with Gasteiger partial charge < -0.3 is 4.74 Å². The van der Waals surface area contributed by atoms with Crippen LogP contribution in [0.15, 0.2) is 22.7 Å². The highest BCUT2D eigenvalue weighted by Gasteiger charge is 1.96. The number of rotatable bonds is 3. The Morgan fingerprint density at radius 1 is 1.42 bits per heavy atom. The molecule has 1 aromatic rings. The fourth-order valence-corrected chi connectivity index (χ4v) is 1.24. The van der Waals surface area contributed by atoms with Crippen molar-refractivity contribution in [2.75, 3.05) is 6.61 Å². The summed E-state index contributed by atoms with van der Waals surface area (Å²) in [7, 11) is 0. The van der Waals surface area contributed by atoms with Gasteiger partial charge in [0.2, 0.25) is 0 Å². The molecule has 1 rings (SSSR count). The molecule has 66 valence electrons. The van der Waals surface area contributed by atoms with Crippen LogP contribution in [0.3, 0.4) is 0 Å². The molecule has 1 nitrogen and oxygen atoms in total. The van der Waals surface area contributed by atoms with E-state index in [1.165, 1.54) is 5.56 Å². The maximum absolute atomic E-state index is 5.46. The maximum Gasteiger partial charge on any atom is 0.120 e. The molecule has 0 saturated carbocycles. The predicted octanol–water partition coefficient (Wildman–Crippen LogP) is 3.55. The zero-order chi connectivity index (χ0) is 8.97. The first kappa shape index (κ1) is 9.59. The number of hydrogen-bond acceptors (Lipinski definition) is 1. The molecule has 2 heteroatoms. The van der Waals surface area contributed by atoms with Crippen LogP contribution in [-0.2, 0) is 0 Å². The van der Waals surface area contributed by atoms with E-state index in [9.17, 15) is 0 Å². The molecule has 0 atom stereocenters. The van der Waals surface area contributed by atoms with Gasteiger partial charge in [-0.05, 0) is 31.0 Å². The Morgan fingerprint density at radius 3 is 2.75 bits per heavy atom.